The Hall–Kier alpha value is -1.11. The summed E-state index contributed by atoms with van der Waals surface area (Å²) in [7, 11) is 0. The third-order valence-corrected chi connectivity index (χ3v) is 1.65. The first-order valence-corrected chi connectivity index (χ1v) is 3.89. The van der Waals surface area contributed by atoms with Crippen molar-refractivity contribution < 1.29 is 4.57 Å². The standard InChI is InChI=1S/C10H14N/c1-3-4-7-11-8-5-10(2)6-9-11/h3,5-6,8-9H,1,4,7H2,2H3/q+1. The molecule has 1 aromatic heterocycles. The predicted octanol–water partition coefficient (Wildman–Crippen LogP) is 1.86. The fraction of sp³-hybridized carbons (Fsp3) is 0.300. The van der Waals surface area contributed by atoms with Crippen LogP contribution in [-0.4, -0.2) is 0 Å². The minimum absolute atomic E-state index is 1.03. The number of aromatic nitrogens is 1. The monoisotopic (exact) mass is 148 g/mol. The molecule has 58 valence electrons. The smallest absolute Gasteiger partial charge is 0.169 e. The molecule has 0 saturated heterocycles. The highest BCUT2D eigenvalue weighted by Gasteiger charge is 1.94. The van der Waals surface area contributed by atoms with Crippen LogP contribution in [0.15, 0.2) is 37.2 Å². The summed E-state index contributed by atoms with van der Waals surface area (Å²) in [6.45, 7) is 6.81. The largest absolute Gasteiger partial charge is 0.205 e. The minimum atomic E-state index is 1.03. The van der Waals surface area contributed by atoms with Gasteiger partial charge in [-0.3, -0.25) is 0 Å². The van der Waals surface area contributed by atoms with Crippen molar-refractivity contribution in [3.05, 3.63) is 42.7 Å². The maximum absolute atomic E-state index is 3.68. The third kappa shape index (κ3) is 2.54. The van der Waals surface area contributed by atoms with Crippen LogP contribution in [-0.2, 0) is 6.54 Å². The molecule has 1 heteroatoms. The van der Waals surface area contributed by atoms with E-state index in [0.717, 1.165) is 13.0 Å². The van der Waals surface area contributed by atoms with Crippen LogP contribution in [0.25, 0.3) is 0 Å². The molecule has 0 aliphatic carbocycles. The Bertz CT molecular complexity index is 223. The molecule has 1 heterocycles. The Balaban J connectivity index is 2.58. The van der Waals surface area contributed by atoms with Gasteiger partial charge in [0, 0.05) is 18.6 Å². The number of aryl methyl sites for hydroxylation is 2. The molecule has 0 radical (unpaired) electrons. The normalized spacial score (nSPS) is 9.55. The van der Waals surface area contributed by atoms with Crippen LogP contribution >= 0.6 is 0 Å². The zero-order valence-electron chi connectivity index (χ0n) is 6.96. The number of pyridine rings is 1. The fourth-order valence-electron chi connectivity index (χ4n) is 0.921. The van der Waals surface area contributed by atoms with E-state index in [1.165, 1.54) is 5.56 Å². The van der Waals surface area contributed by atoms with Crippen molar-refractivity contribution in [2.24, 2.45) is 0 Å². The van der Waals surface area contributed by atoms with E-state index in [0.29, 0.717) is 0 Å². The Morgan fingerprint density at radius 1 is 1.45 bits per heavy atom. The summed E-state index contributed by atoms with van der Waals surface area (Å²) in [5.41, 5.74) is 1.31. The maximum Gasteiger partial charge on any atom is 0.169 e. The van der Waals surface area contributed by atoms with Gasteiger partial charge in [0.2, 0.25) is 0 Å². The lowest BCUT2D eigenvalue weighted by Gasteiger charge is -1.92. The van der Waals surface area contributed by atoms with Gasteiger partial charge in [-0.2, -0.15) is 0 Å². The van der Waals surface area contributed by atoms with Crippen molar-refractivity contribution in [2.45, 2.75) is 19.9 Å². The number of nitrogens with zero attached hydrogens (tertiary/aromatic N) is 1. The fourth-order valence-corrected chi connectivity index (χ4v) is 0.921. The summed E-state index contributed by atoms with van der Waals surface area (Å²) in [6, 6.07) is 4.23. The molecule has 0 spiro atoms. The summed E-state index contributed by atoms with van der Waals surface area (Å²) < 4.78 is 2.16. The molecule has 0 atom stereocenters. The van der Waals surface area contributed by atoms with Gasteiger partial charge in [0.15, 0.2) is 18.9 Å². The van der Waals surface area contributed by atoms with E-state index in [1.807, 2.05) is 6.08 Å². The van der Waals surface area contributed by atoms with Crippen molar-refractivity contribution >= 4 is 0 Å². The summed E-state index contributed by atoms with van der Waals surface area (Å²) in [5.74, 6) is 0. The highest BCUT2D eigenvalue weighted by Crippen LogP contribution is 1.90. The number of hydrogen-bond acceptors (Lipinski definition) is 0. The highest BCUT2D eigenvalue weighted by atomic mass is 14.9. The number of hydrogen-bond donors (Lipinski definition) is 0. The van der Waals surface area contributed by atoms with E-state index in [4.69, 9.17) is 0 Å². The van der Waals surface area contributed by atoms with Crippen molar-refractivity contribution in [3.63, 3.8) is 0 Å². The van der Waals surface area contributed by atoms with E-state index in [1.54, 1.807) is 0 Å². The lowest BCUT2D eigenvalue weighted by Crippen LogP contribution is -2.32. The van der Waals surface area contributed by atoms with E-state index in [-0.39, 0.29) is 0 Å². The van der Waals surface area contributed by atoms with Crippen molar-refractivity contribution in [2.75, 3.05) is 0 Å². The first kappa shape index (κ1) is 7.99. The molecule has 0 amide bonds. The average molecular weight is 148 g/mol. The molecule has 0 aliphatic rings. The summed E-state index contributed by atoms with van der Waals surface area (Å²) in [6.07, 6.45) is 7.16. The van der Waals surface area contributed by atoms with Gasteiger partial charge in [-0.1, -0.05) is 6.08 Å². The molecule has 1 rings (SSSR count). The topological polar surface area (TPSA) is 3.88 Å². The van der Waals surface area contributed by atoms with Crippen LogP contribution in [0.4, 0.5) is 0 Å². The van der Waals surface area contributed by atoms with Gasteiger partial charge < -0.3 is 0 Å². The molecule has 1 aromatic rings. The molecule has 0 unspecified atom stereocenters. The molecular weight excluding hydrogens is 134 g/mol. The van der Waals surface area contributed by atoms with Crippen LogP contribution in [0, 0.1) is 6.92 Å². The molecule has 0 fully saturated rings. The van der Waals surface area contributed by atoms with Crippen molar-refractivity contribution in [1.82, 2.24) is 0 Å². The molecule has 11 heavy (non-hydrogen) atoms. The van der Waals surface area contributed by atoms with Gasteiger partial charge in [0.25, 0.3) is 0 Å². The van der Waals surface area contributed by atoms with Gasteiger partial charge in [-0.05, 0) is 12.5 Å². The third-order valence-electron chi connectivity index (χ3n) is 1.65. The van der Waals surface area contributed by atoms with Crippen LogP contribution in [0.3, 0.4) is 0 Å². The minimum Gasteiger partial charge on any atom is -0.205 e. The molecular formula is C10H14N+. The van der Waals surface area contributed by atoms with E-state index in [9.17, 15) is 0 Å². The summed E-state index contributed by atoms with van der Waals surface area (Å²) in [5, 5.41) is 0. The molecule has 0 saturated carbocycles. The number of rotatable bonds is 3. The quantitative estimate of drug-likeness (QED) is 0.455. The van der Waals surface area contributed by atoms with Gasteiger partial charge >= 0.3 is 0 Å². The van der Waals surface area contributed by atoms with Gasteiger partial charge in [-0.25, -0.2) is 4.57 Å². The predicted molar refractivity (Wildman–Crippen MR) is 46.2 cm³/mol. The second kappa shape index (κ2) is 3.91. The van der Waals surface area contributed by atoms with Crippen molar-refractivity contribution in [3.8, 4) is 0 Å². The Labute approximate surface area is 68.0 Å². The van der Waals surface area contributed by atoms with Gasteiger partial charge in [0.1, 0.15) is 0 Å². The van der Waals surface area contributed by atoms with Gasteiger partial charge in [0.05, 0.1) is 0 Å². The van der Waals surface area contributed by atoms with E-state index >= 15 is 0 Å². The van der Waals surface area contributed by atoms with Crippen LogP contribution in [0.1, 0.15) is 12.0 Å². The van der Waals surface area contributed by atoms with E-state index < -0.39 is 0 Å². The Morgan fingerprint density at radius 2 is 2.09 bits per heavy atom. The molecule has 0 aliphatic heterocycles. The second-order valence-electron chi connectivity index (χ2n) is 2.69. The van der Waals surface area contributed by atoms with Crippen LogP contribution in [0.5, 0.6) is 0 Å². The molecule has 0 bridgehead atoms. The molecule has 0 aromatic carbocycles. The second-order valence-corrected chi connectivity index (χ2v) is 2.69. The SMILES string of the molecule is C=CCC[n+]1ccc(C)cc1. The zero-order valence-corrected chi connectivity index (χ0v) is 6.96. The molecule has 0 N–H and O–H groups in total. The van der Waals surface area contributed by atoms with Crippen LogP contribution < -0.4 is 4.57 Å². The number of allylic oxidation sites excluding steroid dienone is 1. The van der Waals surface area contributed by atoms with E-state index in [2.05, 4.69) is 42.6 Å². The highest BCUT2D eigenvalue weighted by molar-refractivity contribution is 5.03. The first-order chi connectivity index (χ1) is 5.33. The van der Waals surface area contributed by atoms with Gasteiger partial charge in [-0.15, -0.1) is 6.58 Å². The first-order valence-electron chi connectivity index (χ1n) is 3.89. The zero-order chi connectivity index (χ0) is 8.10. The maximum atomic E-state index is 3.68. The Kier molecular flexibility index (Phi) is 2.84. The molecule has 1 nitrogen and oxygen atoms in total. The Morgan fingerprint density at radius 3 is 2.64 bits per heavy atom. The summed E-state index contributed by atoms with van der Waals surface area (Å²) >= 11 is 0. The average Bonchev–Trinajstić information content (AvgIpc) is 2.04. The van der Waals surface area contributed by atoms with Crippen molar-refractivity contribution in [1.29, 1.82) is 0 Å². The summed E-state index contributed by atoms with van der Waals surface area (Å²) in [4.78, 5) is 0. The lowest BCUT2D eigenvalue weighted by molar-refractivity contribution is -0.696. The van der Waals surface area contributed by atoms with Crippen LogP contribution in [0.2, 0.25) is 0 Å². The lowest BCUT2D eigenvalue weighted by atomic mass is 10.3.